The Morgan fingerprint density at radius 3 is 2.37 bits per heavy atom. The Hall–Kier alpha value is -3.15. The molecular weight excluding hydrogens is 378 g/mol. The van der Waals surface area contributed by atoms with Crippen molar-refractivity contribution < 1.29 is 14.4 Å². The lowest BCUT2D eigenvalue weighted by atomic mass is 9.64. The predicted octanol–water partition coefficient (Wildman–Crippen LogP) is 3.00. The van der Waals surface area contributed by atoms with Gasteiger partial charge in [-0.2, -0.15) is 0 Å². The molecule has 0 radical (unpaired) electrons. The number of nitrogens with zero attached hydrogens (tertiary/aromatic N) is 1. The number of hydrogen-bond donors (Lipinski definition) is 2. The van der Waals surface area contributed by atoms with Gasteiger partial charge in [0, 0.05) is 12.0 Å². The molecule has 0 aromatic heterocycles. The molecule has 2 N–H and O–H groups in total. The Balaban J connectivity index is 1.43. The number of carbonyl (C=O) groups excluding carboxylic acids is 3. The molecule has 0 bridgehead atoms. The fourth-order valence-electron chi connectivity index (χ4n) is 4.59. The summed E-state index contributed by atoms with van der Waals surface area (Å²) in [5.41, 5.74) is 1.66. The first-order chi connectivity index (χ1) is 14.4. The monoisotopic (exact) mass is 405 g/mol. The van der Waals surface area contributed by atoms with Crippen molar-refractivity contribution in [2.45, 2.75) is 44.1 Å². The maximum absolute atomic E-state index is 13.1. The SMILES string of the molecule is Cc1ccccc1C1(C)NC(=O)N(CC(=O)NCC2(c3ccccc3)CCC2)C1=O. The largest absolute Gasteiger partial charge is 0.354 e. The molecule has 2 aliphatic rings. The Morgan fingerprint density at radius 2 is 1.73 bits per heavy atom. The highest BCUT2D eigenvalue weighted by Crippen LogP contribution is 2.43. The lowest BCUT2D eigenvalue weighted by molar-refractivity contribution is -0.135. The number of rotatable bonds is 6. The van der Waals surface area contributed by atoms with Gasteiger partial charge >= 0.3 is 6.03 Å². The van der Waals surface area contributed by atoms with Crippen LogP contribution in [0, 0.1) is 6.92 Å². The number of benzene rings is 2. The van der Waals surface area contributed by atoms with Crippen LogP contribution in [0.4, 0.5) is 4.79 Å². The average Bonchev–Trinajstić information content (AvgIpc) is 2.92. The van der Waals surface area contributed by atoms with Gasteiger partial charge in [0.25, 0.3) is 5.91 Å². The van der Waals surface area contributed by atoms with Gasteiger partial charge in [-0.3, -0.25) is 14.5 Å². The van der Waals surface area contributed by atoms with Crippen LogP contribution in [0.3, 0.4) is 0 Å². The van der Waals surface area contributed by atoms with E-state index >= 15 is 0 Å². The van der Waals surface area contributed by atoms with E-state index in [1.807, 2.05) is 49.4 Å². The fraction of sp³-hybridized carbons (Fsp3) is 0.375. The molecule has 2 aromatic carbocycles. The molecule has 156 valence electrons. The Morgan fingerprint density at radius 1 is 1.07 bits per heavy atom. The van der Waals surface area contributed by atoms with E-state index < -0.39 is 17.5 Å². The van der Waals surface area contributed by atoms with Crippen LogP contribution in [-0.2, 0) is 20.5 Å². The van der Waals surface area contributed by atoms with Gasteiger partial charge in [0.1, 0.15) is 12.1 Å². The van der Waals surface area contributed by atoms with E-state index in [4.69, 9.17) is 0 Å². The third-order valence-corrected chi connectivity index (χ3v) is 6.58. The number of urea groups is 1. The summed E-state index contributed by atoms with van der Waals surface area (Å²) in [6, 6.07) is 17.1. The Kier molecular flexibility index (Phi) is 5.10. The summed E-state index contributed by atoms with van der Waals surface area (Å²) in [4.78, 5) is 39.3. The summed E-state index contributed by atoms with van der Waals surface area (Å²) in [6.07, 6.45) is 3.17. The standard InChI is InChI=1S/C24H27N3O3/c1-17-9-6-7-12-19(17)23(2)21(29)27(22(30)26-23)15-20(28)25-16-24(13-8-14-24)18-10-4-3-5-11-18/h3-7,9-12H,8,13-16H2,1-2H3,(H,25,28)(H,26,30). The number of imide groups is 1. The normalized spacial score (nSPS) is 22.4. The highest BCUT2D eigenvalue weighted by Gasteiger charge is 2.50. The quantitative estimate of drug-likeness (QED) is 0.725. The highest BCUT2D eigenvalue weighted by molar-refractivity contribution is 6.09. The molecule has 1 saturated heterocycles. The molecule has 30 heavy (non-hydrogen) atoms. The maximum Gasteiger partial charge on any atom is 0.325 e. The summed E-state index contributed by atoms with van der Waals surface area (Å²) in [5.74, 6) is -0.729. The minimum atomic E-state index is -1.16. The molecule has 2 fully saturated rings. The van der Waals surface area contributed by atoms with E-state index in [9.17, 15) is 14.4 Å². The van der Waals surface area contributed by atoms with Crippen LogP contribution in [0.2, 0.25) is 0 Å². The van der Waals surface area contributed by atoms with E-state index in [2.05, 4.69) is 22.8 Å². The summed E-state index contributed by atoms with van der Waals surface area (Å²) in [6.45, 7) is 3.81. The molecule has 1 aliphatic carbocycles. The van der Waals surface area contributed by atoms with E-state index in [1.165, 1.54) is 5.56 Å². The average molecular weight is 405 g/mol. The van der Waals surface area contributed by atoms with Crippen LogP contribution >= 0.6 is 0 Å². The number of carbonyl (C=O) groups is 3. The van der Waals surface area contributed by atoms with Crippen LogP contribution in [-0.4, -0.2) is 35.8 Å². The predicted molar refractivity (Wildman–Crippen MR) is 114 cm³/mol. The van der Waals surface area contributed by atoms with Crippen LogP contribution in [0.5, 0.6) is 0 Å². The van der Waals surface area contributed by atoms with Gasteiger partial charge in [0.15, 0.2) is 0 Å². The number of hydrogen-bond acceptors (Lipinski definition) is 3. The van der Waals surface area contributed by atoms with Crippen molar-refractivity contribution in [2.75, 3.05) is 13.1 Å². The van der Waals surface area contributed by atoms with E-state index in [0.29, 0.717) is 6.54 Å². The molecule has 6 nitrogen and oxygen atoms in total. The van der Waals surface area contributed by atoms with Gasteiger partial charge in [-0.25, -0.2) is 4.79 Å². The first-order valence-electron chi connectivity index (χ1n) is 10.4. The summed E-state index contributed by atoms with van der Waals surface area (Å²) in [7, 11) is 0. The van der Waals surface area contributed by atoms with Crippen molar-refractivity contribution >= 4 is 17.8 Å². The van der Waals surface area contributed by atoms with Gasteiger partial charge in [-0.1, -0.05) is 61.0 Å². The summed E-state index contributed by atoms with van der Waals surface area (Å²) in [5, 5.41) is 5.73. The van der Waals surface area contributed by atoms with Crippen LogP contribution in [0.25, 0.3) is 0 Å². The van der Waals surface area contributed by atoms with Gasteiger partial charge in [-0.15, -0.1) is 0 Å². The smallest absolute Gasteiger partial charge is 0.325 e. The molecule has 2 aromatic rings. The van der Waals surface area contributed by atoms with Crippen molar-refractivity contribution in [1.82, 2.24) is 15.5 Å². The van der Waals surface area contributed by atoms with E-state index in [1.54, 1.807) is 6.92 Å². The maximum atomic E-state index is 13.1. The van der Waals surface area contributed by atoms with Crippen molar-refractivity contribution in [3.05, 3.63) is 71.3 Å². The zero-order valence-corrected chi connectivity index (χ0v) is 17.4. The molecule has 6 heteroatoms. The zero-order chi connectivity index (χ0) is 21.4. The molecule has 0 spiro atoms. The number of amides is 4. The number of aryl methyl sites for hydroxylation is 1. The topological polar surface area (TPSA) is 78.5 Å². The van der Waals surface area contributed by atoms with E-state index in [0.717, 1.165) is 35.3 Å². The van der Waals surface area contributed by atoms with Gasteiger partial charge < -0.3 is 10.6 Å². The second-order valence-electron chi connectivity index (χ2n) is 8.54. The molecular formula is C24H27N3O3. The third-order valence-electron chi connectivity index (χ3n) is 6.58. The molecule has 1 heterocycles. The Labute approximate surface area is 176 Å². The summed E-state index contributed by atoms with van der Waals surface area (Å²) >= 11 is 0. The minimum absolute atomic E-state index is 0.0517. The van der Waals surface area contributed by atoms with Crippen LogP contribution in [0.1, 0.15) is 42.9 Å². The zero-order valence-electron chi connectivity index (χ0n) is 17.4. The first-order valence-corrected chi connectivity index (χ1v) is 10.4. The lowest BCUT2D eigenvalue weighted by Crippen LogP contribution is -2.49. The highest BCUT2D eigenvalue weighted by atomic mass is 16.2. The molecule has 1 saturated carbocycles. The van der Waals surface area contributed by atoms with Crippen LogP contribution in [0.15, 0.2) is 54.6 Å². The van der Waals surface area contributed by atoms with Crippen molar-refractivity contribution in [2.24, 2.45) is 0 Å². The summed E-state index contributed by atoms with van der Waals surface area (Å²) < 4.78 is 0. The molecule has 4 rings (SSSR count). The minimum Gasteiger partial charge on any atom is -0.354 e. The van der Waals surface area contributed by atoms with Crippen molar-refractivity contribution in [3.8, 4) is 0 Å². The van der Waals surface area contributed by atoms with Gasteiger partial charge in [0.05, 0.1) is 0 Å². The van der Waals surface area contributed by atoms with E-state index in [-0.39, 0.29) is 17.9 Å². The molecule has 1 aliphatic heterocycles. The second kappa shape index (κ2) is 7.59. The first kappa shape index (κ1) is 20.1. The number of nitrogens with one attached hydrogen (secondary N) is 2. The second-order valence-corrected chi connectivity index (χ2v) is 8.54. The van der Waals surface area contributed by atoms with Crippen molar-refractivity contribution in [1.29, 1.82) is 0 Å². The van der Waals surface area contributed by atoms with Crippen LogP contribution < -0.4 is 10.6 Å². The Bertz CT molecular complexity index is 984. The fourth-order valence-corrected chi connectivity index (χ4v) is 4.59. The molecule has 1 atom stereocenters. The van der Waals surface area contributed by atoms with Gasteiger partial charge in [-0.05, 0) is 43.4 Å². The molecule has 1 unspecified atom stereocenters. The molecule has 4 amide bonds. The third kappa shape index (κ3) is 3.36. The van der Waals surface area contributed by atoms with Crippen molar-refractivity contribution in [3.63, 3.8) is 0 Å². The lowest BCUT2D eigenvalue weighted by Gasteiger charge is -2.42. The van der Waals surface area contributed by atoms with Gasteiger partial charge in [0.2, 0.25) is 5.91 Å².